The zero-order valence-corrected chi connectivity index (χ0v) is 18.0. The van der Waals surface area contributed by atoms with Crippen LogP contribution in [0.25, 0.3) is 11.1 Å². The first kappa shape index (κ1) is 23.6. The summed E-state index contributed by atoms with van der Waals surface area (Å²) in [4.78, 5) is 35.4. The number of hydrazine groups is 1. The highest BCUT2D eigenvalue weighted by atomic mass is 19.4. The van der Waals surface area contributed by atoms with E-state index in [1.165, 1.54) is 37.5 Å². The molecule has 0 fully saturated rings. The van der Waals surface area contributed by atoms with Gasteiger partial charge in [0.2, 0.25) is 11.9 Å². The Morgan fingerprint density at radius 1 is 1.17 bits per heavy atom. The molecule has 0 spiro atoms. The summed E-state index contributed by atoms with van der Waals surface area (Å²) in [6.45, 7) is 1.47. The number of carboxylic acid groups (broad SMARTS) is 1. The molecule has 1 atom stereocenters. The standard InChI is InChI=1S/C22H18F3N7O3/c1-11-5-17(22(23,24)25)31-32(11)19-16(13-6-14(20(34)35)9-27-8-13)10-28-21(30-19)29-15-4-2-3-12(7-15)18(26)33/h2-10,17,31H,1H3,(H2,26,33)(H,34,35)(H,28,29,30). The fraction of sp³-hybridized carbons (Fsp3) is 0.136. The zero-order chi connectivity index (χ0) is 25.3. The van der Waals surface area contributed by atoms with E-state index in [2.05, 4.69) is 25.7 Å². The maximum Gasteiger partial charge on any atom is 0.409 e. The van der Waals surface area contributed by atoms with Crippen molar-refractivity contribution in [3.8, 4) is 11.1 Å². The lowest BCUT2D eigenvalue weighted by molar-refractivity contribution is -0.142. The van der Waals surface area contributed by atoms with Crippen LogP contribution in [0.15, 0.2) is 60.7 Å². The summed E-state index contributed by atoms with van der Waals surface area (Å²) in [5.41, 5.74) is 8.94. The number of amides is 1. The molecular formula is C22H18F3N7O3. The molecule has 3 heterocycles. The molecule has 0 saturated carbocycles. The van der Waals surface area contributed by atoms with Crippen LogP contribution in [0.1, 0.15) is 27.6 Å². The van der Waals surface area contributed by atoms with Gasteiger partial charge in [0, 0.05) is 46.7 Å². The third-order valence-electron chi connectivity index (χ3n) is 5.06. The fourth-order valence-corrected chi connectivity index (χ4v) is 3.38. The Morgan fingerprint density at radius 2 is 1.94 bits per heavy atom. The first-order valence-corrected chi connectivity index (χ1v) is 10.1. The van der Waals surface area contributed by atoms with Gasteiger partial charge in [-0.2, -0.15) is 18.2 Å². The molecule has 2 aromatic heterocycles. The van der Waals surface area contributed by atoms with Crippen molar-refractivity contribution in [2.24, 2.45) is 5.73 Å². The summed E-state index contributed by atoms with van der Waals surface area (Å²) in [7, 11) is 0. The van der Waals surface area contributed by atoms with Gasteiger partial charge in [0.25, 0.3) is 0 Å². The number of nitrogens with two attached hydrogens (primary N) is 1. The molecule has 1 aromatic carbocycles. The molecule has 1 amide bonds. The summed E-state index contributed by atoms with van der Waals surface area (Å²) in [6, 6.07) is 5.57. The first-order valence-electron chi connectivity index (χ1n) is 10.1. The molecule has 4 rings (SSSR count). The van der Waals surface area contributed by atoms with Crippen LogP contribution in [0.5, 0.6) is 0 Å². The van der Waals surface area contributed by atoms with E-state index in [9.17, 15) is 27.9 Å². The predicted molar refractivity (Wildman–Crippen MR) is 120 cm³/mol. The number of aromatic nitrogens is 3. The number of pyridine rings is 1. The van der Waals surface area contributed by atoms with E-state index < -0.39 is 24.1 Å². The van der Waals surface area contributed by atoms with Crippen molar-refractivity contribution in [3.05, 3.63) is 71.8 Å². The van der Waals surface area contributed by atoms with Gasteiger partial charge >= 0.3 is 12.1 Å². The number of primary amides is 1. The number of nitrogens with zero attached hydrogens (tertiary/aromatic N) is 4. The smallest absolute Gasteiger partial charge is 0.409 e. The van der Waals surface area contributed by atoms with E-state index in [4.69, 9.17) is 5.73 Å². The number of carbonyl (C=O) groups is 2. The molecule has 0 aliphatic carbocycles. The van der Waals surface area contributed by atoms with Crippen LogP contribution in [0.2, 0.25) is 0 Å². The second-order valence-electron chi connectivity index (χ2n) is 7.56. The number of alkyl halides is 3. The Balaban J connectivity index is 1.78. The third kappa shape index (κ3) is 5.04. The lowest BCUT2D eigenvalue weighted by Gasteiger charge is -2.25. The lowest BCUT2D eigenvalue weighted by atomic mass is 10.1. The number of hydrogen-bond donors (Lipinski definition) is 4. The minimum atomic E-state index is -4.55. The van der Waals surface area contributed by atoms with Crippen molar-refractivity contribution in [2.45, 2.75) is 19.1 Å². The Morgan fingerprint density at radius 3 is 2.60 bits per heavy atom. The van der Waals surface area contributed by atoms with Gasteiger partial charge in [0.1, 0.15) is 6.04 Å². The molecule has 3 aromatic rings. The number of halogens is 3. The minimum Gasteiger partial charge on any atom is -0.478 e. The lowest BCUT2D eigenvalue weighted by Crippen LogP contribution is -2.45. The number of aromatic carboxylic acids is 1. The van der Waals surface area contributed by atoms with Gasteiger partial charge in [-0.1, -0.05) is 6.07 Å². The molecule has 0 radical (unpaired) electrons. The van der Waals surface area contributed by atoms with E-state index in [0.717, 1.165) is 17.3 Å². The molecule has 35 heavy (non-hydrogen) atoms. The highest BCUT2D eigenvalue weighted by Gasteiger charge is 2.43. The van der Waals surface area contributed by atoms with Crippen LogP contribution < -0.4 is 21.5 Å². The molecule has 1 aliphatic heterocycles. The topological polar surface area (TPSA) is 146 Å². The number of anilines is 3. The van der Waals surface area contributed by atoms with Gasteiger partial charge in [-0.15, -0.1) is 0 Å². The van der Waals surface area contributed by atoms with Gasteiger partial charge in [-0.05, 0) is 37.3 Å². The third-order valence-corrected chi connectivity index (χ3v) is 5.06. The Kier molecular flexibility index (Phi) is 6.09. The van der Waals surface area contributed by atoms with Gasteiger partial charge < -0.3 is 16.2 Å². The van der Waals surface area contributed by atoms with Crippen LogP contribution >= 0.6 is 0 Å². The molecule has 5 N–H and O–H groups in total. The first-order chi connectivity index (χ1) is 16.5. The molecule has 13 heteroatoms. The second kappa shape index (κ2) is 9.02. The number of rotatable bonds is 6. The number of allylic oxidation sites excluding steroid dienone is 1. The Labute approximate surface area is 196 Å². The summed E-state index contributed by atoms with van der Waals surface area (Å²) in [6.07, 6.45) is 0.286. The van der Waals surface area contributed by atoms with Crippen LogP contribution in [-0.2, 0) is 0 Å². The summed E-state index contributed by atoms with van der Waals surface area (Å²) >= 11 is 0. The van der Waals surface area contributed by atoms with Gasteiger partial charge in [-0.25, -0.2) is 15.2 Å². The zero-order valence-electron chi connectivity index (χ0n) is 18.0. The minimum absolute atomic E-state index is 0.0118. The highest BCUT2D eigenvalue weighted by Crippen LogP contribution is 2.35. The average molecular weight is 485 g/mol. The summed E-state index contributed by atoms with van der Waals surface area (Å²) in [5, 5.41) is 13.3. The normalized spacial score (nSPS) is 15.6. The second-order valence-corrected chi connectivity index (χ2v) is 7.56. The van der Waals surface area contributed by atoms with Crippen LogP contribution in [0.3, 0.4) is 0 Å². The number of carboxylic acids is 1. The average Bonchev–Trinajstić information content (AvgIpc) is 3.21. The van der Waals surface area contributed by atoms with Gasteiger partial charge in [0.05, 0.1) is 5.56 Å². The fourth-order valence-electron chi connectivity index (χ4n) is 3.38. The van der Waals surface area contributed by atoms with Crippen molar-refractivity contribution in [3.63, 3.8) is 0 Å². The molecule has 1 unspecified atom stereocenters. The van der Waals surface area contributed by atoms with Gasteiger partial charge in [0.15, 0.2) is 5.82 Å². The number of benzene rings is 1. The van der Waals surface area contributed by atoms with Crippen LogP contribution in [0, 0.1) is 0 Å². The molecular weight excluding hydrogens is 467 g/mol. The SMILES string of the molecule is CC1=CC(C(F)(F)F)NN1c1nc(Nc2cccc(C(N)=O)c2)ncc1-c1cncc(C(=O)O)c1. The Hall–Kier alpha value is -4.52. The number of carbonyl (C=O) groups excluding carboxylic acids is 1. The van der Waals surface area contributed by atoms with Crippen LogP contribution in [-0.4, -0.2) is 44.2 Å². The predicted octanol–water partition coefficient (Wildman–Crippen LogP) is 3.24. The van der Waals surface area contributed by atoms with E-state index in [1.54, 1.807) is 12.1 Å². The molecule has 180 valence electrons. The molecule has 0 bridgehead atoms. The van der Waals surface area contributed by atoms with Gasteiger partial charge in [-0.3, -0.25) is 14.8 Å². The van der Waals surface area contributed by atoms with Crippen molar-refractivity contribution in [1.82, 2.24) is 20.4 Å². The van der Waals surface area contributed by atoms with Crippen molar-refractivity contribution in [2.75, 3.05) is 10.3 Å². The van der Waals surface area contributed by atoms with Crippen molar-refractivity contribution >= 4 is 29.3 Å². The number of hydrogen-bond acceptors (Lipinski definition) is 8. The molecule has 10 nitrogen and oxygen atoms in total. The number of nitrogens with one attached hydrogen (secondary N) is 2. The quantitative estimate of drug-likeness (QED) is 0.413. The van der Waals surface area contributed by atoms with E-state index in [-0.39, 0.29) is 39.7 Å². The maximum atomic E-state index is 13.4. The Bertz CT molecular complexity index is 1340. The molecule has 0 saturated heterocycles. The molecule has 1 aliphatic rings. The summed E-state index contributed by atoms with van der Waals surface area (Å²) in [5.74, 6) is -1.82. The van der Waals surface area contributed by atoms with Crippen LogP contribution in [0.4, 0.5) is 30.6 Å². The monoisotopic (exact) mass is 485 g/mol. The maximum absolute atomic E-state index is 13.4. The van der Waals surface area contributed by atoms with Crippen molar-refractivity contribution < 1.29 is 27.9 Å². The summed E-state index contributed by atoms with van der Waals surface area (Å²) < 4.78 is 40.1. The largest absolute Gasteiger partial charge is 0.478 e. The van der Waals surface area contributed by atoms with E-state index in [0.29, 0.717) is 5.69 Å². The highest BCUT2D eigenvalue weighted by molar-refractivity contribution is 5.94. The van der Waals surface area contributed by atoms with E-state index in [1.807, 2.05) is 0 Å². The van der Waals surface area contributed by atoms with E-state index >= 15 is 0 Å². The van der Waals surface area contributed by atoms with Crippen molar-refractivity contribution in [1.29, 1.82) is 0 Å².